The second kappa shape index (κ2) is 4.23. The van der Waals surface area contributed by atoms with Crippen molar-refractivity contribution in [1.82, 2.24) is 0 Å². The van der Waals surface area contributed by atoms with Gasteiger partial charge in [-0.1, -0.05) is 19.1 Å². The summed E-state index contributed by atoms with van der Waals surface area (Å²) in [6.07, 6.45) is 1.76. The highest BCUT2D eigenvalue weighted by Gasteiger charge is 2.21. The van der Waals surface area contributed by atoms with Crippen LogP contribution in [0.5, 0.6) is 0 Å². The minimum absolute atomic E-state index is 0.198. The number of anilines is 1. The van der Waals surface area contributed by atoms with Crippen molar-refractivity contribution in [2.45, 2.75) is 32.8 Å². The van der Waals surface area contributed by atoms with Crippen LogP contribution in [0.15, 0.2) is 18.2 Å². The molecule has 82 valence electrons. The minimum Gasteiger partial charge on any atom is -0.391 e. The van der Waals surface area contributed by atoms with Gasteiger partial charge >= 0.3 is 0 Å². The number of hydrogen-bond acceptors (Lipinski definition) is 2. The smallest absolute Gasteiger partial charge is 0.0712 e. The molecule has 0 amide bonds. The summed E-state index contributed by atoms with van der Waals surface area (Å²) in [7, 11) is 0. The zero-order valence-electron chi connectivity index (χ0n) is 9.53. The topological polar surface area (TPSA) is 23.5 Å². The van der Waals surface area contributed by atoms with Crippen LogP contribution in [0, 0.1) is 6.92 Å². The quantitative estimate of drug-likeness (QED) is 0.817. The largest absolute Gasteiger partial charge is 0.391 e. The molecule has 1 aliphatic rings. The van der Waals surface area contributed by atoms with E-state index in [9.17, 15) is 5.11 Å². The number of aliphatic hydroxyl groups is 1. The fourth-order valence-electron chi connectivity index (χ4n) is 2.25. The fraction of sp³-hybridized carbons (Fsp3) is 0.538. The molecule has 2 heteroatoms. The molecule has 1 heterocycles. The molecule has 0 saturated carbocycles. The van der Waals surface area contributed by atoms with Gasteiger partial charge in [0.1, 0.15) is 0 Å². The van der Waals surface area contributed by atoms with E-state index in [1.165, 1.54) is 16.8 Å². The first-order valence-electron chi connectivity index (χ1n) is 5.74. The molecule has 0 saturated heterocycles. The average molecular weight is 205 g/mol. The molecule has 0 aliphatic carbocycles. The maximum atomic E-state index is 9.67. The van der Waals surface area contributed by atoms with Crippen LogP contribution in [0.1, 0.15) is 24.5 Å². The van der Waals surface area contributed by atoms with Crippen molar-refractivity contribution < 1.29 is 5.11 Å². The normalized spacial score (nSPS) is 16.6. The molecule has 2 rings (SSSR count). The molecule has 1 aromatic rings. The van der Waals surface area contributed by atoms with E-state index in [1.807, 2.05) is 6.92 Å². The second-order valence-electron chi connectivity index (χ2n) is 4.33. The van der Waals surface area contributed by atoms with E-state index in [-0.39, 0.29) is 6.10 Å². The van der Waals surface area contributed by atoms with Crippen LogP contribution in [0.3, 0.4) is 0 Å². The van der Waals surface area contributed by atoms with Gasteiger partial charge in [-0.25, -0.2) is 0 Å². The molecule has 1 aliphatic heterocycles. The predicted octanol–water partition coefficient (Wildman–Crippen LogP) is 2.13. The first-order chi connectivity index (χ1) is 7.22. The zero-order valence-corrected chi connectivity index (χ0v) is 9.53. The summed E-state index contributed by atoms with van der Waals surface area (Å²) in [5.41, 5.74) is 4.16. The molecule has 0 spiro atoms. The summed E-state index contributed by atoms with van der Waals surface area (Å²) in [4.78, 5) is 2.30. The lowest BCUT2D eigenvalue weighted by molar-refractivity contribution is 0.176. The SMILES string of the molecule is CC[C@@H](O)CN1CCc2c(C)cccc21. The molecule has 0 fully saturated rings. The average Bonchev–Trinajstić information content (AvgIpc) is 2.63. The Balaban J connectivity index is 2.18. The van der Waals surface area contributed by atoms with Crippen molar-refractivity contribution in [3.63, 3.8) is 0 Å². The van der Waals surface area contributed by atoms with Crippen molar-refractivity contribution in [1.29, 1.82) is 0 Å². The highest BCUT2D eigenvalue weighted by Crippen LogP contribution is 2.30. The van der Waals surface area contributed by atoms with Gasteiger partial charge in [-0.05, 0) is 37.0 Å². The summed E-state index contributed by atoms with van der Waals surface area (Å²) in [5.74, 6) is 0. The summed E-state index contributed by atoms with van der Waals surface area (Å²) >= 11 is 0. The third kappa shape index (κ3) is 2.00. The molecular formula is C13H19NO. The highest BCUT2D eigenvalue weighted by atomic mass is 16.3. The Morgan fingerprint density at radius 3 is 3.00 bits per heavy atom. The van der Waals surface area contributed by atoms with Crippen molar-refractivity contribution in [3.8, 4) is 0 Å². The number of β-amino-alcohol motifs (C(OH)–C–C–N with tert-alkyl or cyclic N) is 1. The zero-order chi connectivity index (χ0) is 10.8. The van der Waals surface area contributed by atoms with E-state index < -0.39 is 0 Å². The van der Waals surface area contributed by atoms with Crippen LogP contribution in [0.2, 0.25) is 0 Å². The lowest BCUT2D eigenvalue weighted by Crippen LogP contribution is -2.30. The van der Waals surface area contributed by atoms with Crippen molar-refractivity contribution >= 4 is 5.69 Å². The lowest BCUT2D eigenvalue weighted by atomic mass is 10.1. The Kier molecular flexibility index (Phi) is 2.96. The van der Waals surface area contributed by atoms with Gasteiger partial charge in [0.25, 0.3) is 0 Å². The fourth-order valence-corrected chi connectivity index (χ4v) is 2.25. The van der Waals surface area contributed by atoms with Gasteiger partial charge in [-0.2, -0.15) is 0 Å². The summed E-state index contributed by atoms with van der Waals surface area (Å²) < 4.78 is 0. The standard InChI is InChI=1S/C13H19NO/c1-3-11(15)9-14-8-7-12-10(2)5-4-6-13(12)14/h4-6,11,15H,3,7-9H2,1-2H3/t11-/m1/s1. The van der Waals surface area contributed by atoms with Gasteiger partial charge in [-0.3, -0.25) is 0 Å². The molecule has 0 radical (unpaired) electrons. The van der Waals surface area contributed by atoms with Crippen molar-refractivity contribution in [2.75, 3.05) is 18.0 Å². The summed E-state index contributed by atoms with van der Waals surface area (Å²) in [6, 6.07) is 6.43. The van der Waals surface area contributed by atoms with Gasteiger partial charge in [0, 0.05) is 18.8 Å². The molecule has 1 N–H and O–H groups in total. The van der Waals surface area contributed by atoms with Crippen LogP contribution in [-0.4, -0.2) is 24.3 Å². The third-order valence-electron chi connectivity index (χ3n) is 3.26. The maximum Gasteiger partial charge on any atom is 0.0712 e. The van der Waals surface area contributed by atoms with Gasteiger partial charge in [-0.15, -0.1) is 0 Å². The van der Waals surface area contributed by atoms with E-state index in [0.717, 1.165) is 25.9 Å². The Bertz CT molecular complexity index is 348. The number of fused-ring (bicyclic) bond motifs is 1. The molecule has 0 aromatic heterocycles. The van der Waals surface area contributed by atoms with E-state index >= 15 is 0 Å². The van der Waals surface area contributed by atoms with Crippen LogP contribution in [0.4, 0.5) is 5.69 Å². The van der Waals surface area contributed by atoms with Gasteiger partial charge in [0.2, 0.25) is 0 Å². The Morgan fingerprint density at radius 2 is 2.27 bits per heavy atom. The number of nitrogens with zero attached hydrogens (tertiary/aromatic N) is 1. The number of aliphatic hydroxyl groups excluding tert-OH is 1. The lowest BCUT2D eigenvalue weighted by Gasteiger charge is -2.22. The van der Waals surface area contributed by atoms with Crippen molar-refractivity contribution in [2.24, 2.45) is 0 Å². The third-order valence-corrected chi connectivity index (χ3v) is 3.26. The minimum atomic E-state index is -0.198. The number of aryl methyl sites for hydroxylation is 1. The molecular weight excluding hydrogens is 186 g/mol. The molecule has 1 atom stereocenters. The summed E-state index contributed by atoms with van der Waals surface area (Å²) in [5, 5.41) is 9.67. The van der Waals surface area contributed by atoms with Gasteiger partial charge in [0.05, 0.1) is 6.10 Å². The number of rotatable bonds is 3. The van der Waals surface area contributed by atoms with Crippen LogP contribution in [0.25, 0.3) is 0 Å². The number of hydrogen-bond donors (Lipinski definition) is 1. The first-order valence-corrected chi connectivity index (χ1v) is 5.74. The van der Waals surface area contributed by atoms with Gasteiger partial charge < -0.3 is 10.0 Å². The predicted molar refractivity (Wildman–Crippen MR) is 63.4 cm³/mol. The monoisotopic (exact) mass is 205 g/mol. The summed E-state index contributed by atoms with van der Waals surface area (Å²) in [6.45, 7) is 6.01. The van der Waals surface area contributed by atoms with Crippen LogP contribution in [-0.2, 0) is 6.42 Å². The van der Waals surface area contributed by atoms with E-state index in [0.29, 0.717) is 0 Å². The Morgan fingerprint density at radius 1 is 1.47 bits per heavy atom. The van der Waals surface area contributed by atoms with E-state index in [1.54, 1.807) is 0 Å². The van der Waals surface area contributed by atoms with E-state index in [2.05, 4.69) is 30.0 Å². The number of benzene rings is 1. The molecule has 0 unspecified atom stereocenters. The van der Waals surface area contributed by atoms with Gasteiger partial charge in [0.15, 0.2) is 0 Å². The van der Waals surface area contributed by atoms with Crippen molar-refractivity contribution in [3.05, 3.63) is 29.3 Å². The maximum absolute atomic E-state index is 9.67. The molecule has 15 heavy (non-hydrogen) atoms. The highest BCUT2D eigenvalue weighted by molar-refractivity contribution is 5.60. The first kappa shape index (κ1) is 10.5. The molecule has 0 bridgehead atoms. The Labute approximate surface area is 91.5 Å². The second-order valence-corrected chi connectivity index (χ2v) is 4.33. The van der Waals surface area contributed by atoms with Crippen LogP contribution < -0.4 is 4.90 Å². The molecule has 1 aromatic carbocycles. The van der Waals surface area contributed by atoms with E-state index in [4.69, 9.17) is 0 Å². The van der Waals surface area contributed by atoms with Crippen LogP contribution >= 0.6 is 0 Å². The Hall–Kier alpha value is -1.02. The molecule has 2 nitrogen and oxygen atoms in total.